The Bertz CT molecular complexity index is 748. The van der Waals surface area contributed by atoms with Gasteiger partial charge in [-0.25, -0.2) is 0 Å². The summed E-state index contributed by atoms with van der Waals surface area (Å²) in [7, 11) is 2.21. The van der Waals surface area contributed by atoms with E-state index in [0.29, 0.717) is 6.79 Å². The molecule has 1 aromatic carbocycles. The van der Waals surface area contributed by atoms with Crippen LogP contribution < -0.4 is 14.8 Å². The number of hydrogen-bond donors (Lipinski definition) is 1. The molecule has 0 aliphatic carbocycles. The van der Waals surface area contributed by atoms with Gasteiger partial charge >= 0.3 is 0 Å². The molecule has 33 heavy (non-hydrogen) atoms. The van der Waals surface area contributed by atoms with Gasteiger partial charge in [0.15, 0.2) is 17.5 Å². The third-order valence-electron chi connectivity index (χ3n) is 6.59. The molecule has 3 heterocycles. The molecule has 0 unspecified atom stereocenters. The Hall–Kier alpha value is -1.30. The maximum atomic E-state index is 5.52. The Morgan fingerprint density at radius 1 is 0.939 bits per heavy atom. The fourth-order valence-electron chi connectivity index (χ4n) is 4.54. The summed E-state index contributed by atoms with van der Waals surface area (Å²) in [4.78, 5) is 14.9. The standard InChI is InChI=1S/C24H40N6O2.HI/c1-3-25-24(26-8-4-5-9-28-12-10-27(2)11-13-28)30-16-14-29(15-17-30)19-21-6-7-22-23(18-21)32-20-31-22;/h6-7,18H,3-5,8-17,19-20H2,1-2H3,(H,25,26);1H. The summed E-state index contributed by atoms with van der Waals surface area (Å²) in [6.07, 6.45) is 2.39. The fraction of sp³-hybridized carbons (Fsp3) is 0.708. The van der Waals surface area contributed by atoms with Gasteiger partial charge in [-0.15, -0.1) is 24.0 Å². The van der Waals surface area contributed by atoms with Crippen molar-refractivity contribution in [3.63, 3.8) is 0 Å². The zero-order chi connectivity index (χ0) is 22.2. The predicted molar refractivity (Wildman–Crippen MR) is 144 cm³/mol. The number of hydrogen-bond acceptors (Lipinski definition) is 6. The van der Waals surface area contributed by atoms with Crippen LogP contribution in [0.25, 0.3) is 0 Å². The van der Waals surface area contributed by atoms with Crippen LogP contribution >= 0.6 is 24.0 Å². The second-order valence-electron chi connectivity index (χ2n) is 9.04. The van der Waals surface area contributed by atoms with Gasteiger partial charge in [-0.1, -0.05) is 6.07 Å². The van der Waals surface area contributed by atoms with E-state index in [2.05, 4.69) is 51.0 Å². The first kappa shape index (κ1) is 26.3. The lowest BCUT2D eigenvalue weighted by Crippen LogP contribution is -2.52. The van der Waals surface area contributed by atoms with Crippen LogP contribution in [0.4, 0.5) is 0 Å². The molecule has 0 radical (unpaired) electrons. The van der Waals surface area contributed by atoms with Crippen molar-refractivity contribution >= 4 is 29.9 Å². The van der Waals surface area contributed by atoms with Gasteiger partial charge in [-0.05, 0) is 51.1 Å². The van der Waals surface area contributed by atoms with Crippen molar-refractivity contribution in [1.82, 2.24) is 24.9 Å². The first-order valence-corrected chi connectivity index (χ1v) is 12.3. The van der Waals surface area contributed by atoms with E-state index in [9.17, 15) is 0 Å². The molecular formula is C24H41IN6O2. The molecule has 0 atom stereocenters. The number of rotatable bonds is 8. The molecule has 2 fully saturated rings. The molecule has 4 rings (SSSR count). The van der Waals surface area contributed by atoms with Crippen LogP contribution in [-0.2, 0) is 6.54 Å². The van der Waals surface area contributed by atoms with E-state index in [0.717, 1.165) is 69.7 Å². The van der Waals surface area contributed by atoms with Crippen molar-refractivity contribution in [3.05, 3.63) is 23.8 Å². The molecule has 1 N–H and O–H groups in total. The SMILES string of the molecule is CCNC(=NCCCCN1CCN(C)CC1)N1CCN(Cc2ccc3c(c2)OCO3)CC1.I. The van der Waals surface area contributed by atoms with Crippen LogP contribution in [0.15, 0.2) is 23.2 Å². The highest BCUT2D eigenvalue weighted by atomic mass is 127. The quantitative estimate of drug-likeness (QED) is 0.222. The minimum atomic E-state index is 0. The van der Waals surface area contributed by atoms with Crippen molar-refractivity contribution in [1.29, 1.82) is 0 Å². The van der Waals surface area contributed by atoms with E-state index >= 15 is 0 Å². The van der Waals surface area contributed by atoms with Gasteiger partial charge < -0.3 is 29.5 Å². The number of guanidine groups is 1. The summed E-state index contributed by atoms with van der Waals surface area (Å²) < 4.78 is 10.9. The Labute approximate surface area is 216 Å². The maximum absolute atomic E-state index is 5.52. The number of likely N-dealkylation sites (N-methyl/N-ethyl adjacent to an activating group) is 1. The summed E-state index contributed by atoms with van der Waals surface area (Å²) in [5, 5.41) is 3.50. The fourth-order valence-corrected chi connectivity index (χ4v) is 4.54. The zero-order valence-corrected chi connectivity index (χ0v) is 22.6. The van der Waals surface area contributed by atoms with Crippen molar-refractivity contribution in [3.8, 4) is 11.5 Å². The van der Waals surface area contributed by atoms with E-state index < -0.39 is 0 Å². The number of nitrogens with zero attached hydrogens (tertiary/aromatic N) is 5. The molecular weight excluding hydrogens is 531 g/mol. The minimum Gasteiger partial charge on any atom is -0.454 e. The maximum Gasteiger partial charge on any atom is 0.231 e. The van der Waals surface area contributed by atoms with Gasteiger partial charge in [-0.3, -0.25) is 9.89 Å². The summed E-state index contributed by atoms with van der Waals surface area (Å²) in [5.74, 6) is 2.80. The molecule has 9 heteroatoms. The van der Waals surface area contributed by atoms with Gasteiger partial charge in [0.25, 0.3) is 0 Å². The third-order valence-corrected chi connectivity index (χ3v) is 6.59. The van der Waals surface area contributed by atoms with Gasteiger partial charge in [0.2, 0.25) is 6.79 Å². The van der Waals surface area contributed by atoms with E-state index in [1.807, 2.05) is 6.07 Å². The lowest BCUT2D eigenvalue weighted by atomic mass is 10.1. The molecule has 1 aromatic rings. The van der Waals surface area contributed by atoms with E-state index in [-0.39, 0.29) is 24.0 Å². The lowest BCUT2D eigenvalue weighted by Gasteiger charge is -2.36. The second-order valence-corrected chi connectivity index (χ2v) is 9.04. The Kier molecular flexibility index (Phi) is 10.8. The van der Waals surface area contributed by atoms with Crippen LogP contribution in [0.2, 0.25) is 0 Å². The highest BCUT2D eigenvalue weighted by molar-refractivity contribution is 14.0. The average Bonchev–Trinajstić information content (AvgIpc) is 3.28. The normalized spacial score (nSPS) is 20.1. The van der Waals surface area contributed by atoms with Crippen molar-refractivity contribution in [2.45, 2.75) is 26.3 Å². The molecule has 0 aromatic heterocycles. The van der Waals surface area contributed by atoms with Crippen molar-refractivity contribution in [2.24, 2.45) is 4.99 Å². The predicted octanol–water partition coefficient (Wildman–Crippen LogP) is 2.14. The minimum absolute atomic E-state index is 0. The van der Waals surface area contributed by atoms with Crippen LogP contribution in [0.5, 0.6) is 11.5 Å². The highest BCUT2D eigenvalue weighted by Crippen LogP contribution is 2.32. The smallest absolute Gasteiger partial charge is 0.231 e. The van der Waals surface area contributed by atoms with E-state index in [4.69, 9.17) is 14.5 Å². The second kappa shape index (κ2) is 13.6. The number of fused-ring (bicyclic) bond motifs is 1. The molecule has 0 amide bonds. The number of benzene rings is 1. The highest BCUT2D eigenvalue weighted by Gasteiger charge is 2.21. The third kappa shape index (κ3) is 7.87. The molecule has 3 aliphatic rings. The van der Waals surface area contributed by atoms with Crippen molar-refractivity contribution in [2.75, 3.05) is 85.8 Å². The first-order chi connectivity index (χ1) is 15.7. The van der Waals surface area contributed by atoms with Gasteiger partial charge in [0.1, 0.15) is 0 Å². The summed E-state index contributed by atoms with van der Waals surface area (Å²) in [6.45, 7) is 15.4. The molecule has 0 bridgehead atoms. The van der Waals surface area contributed by atoms with Crippen LogP contribution in [0.3, 0.4) is 0 Å². The molecule has 0 saturated carbocycles. The number of piperazine rings is 2. The monoisotopic (exact) mass is 572 g/mol. The number of nitrogens with one attached hydrogen (secondary N) is 1. The Balaban J connectivity index is 0.00000306. The first-order valence-electron chi connectivity index (χ1n) is 12.3. The number of halogens is 1. The van der Waals surface area contributed by atoms with Gasteiger partial charge in [0, 0.05) is 72.0 Å². The number of aliphatic imine (C=N–C) groups is 1. The summed E-state index contributed by atoms with van der Waals surface area (Å²) >= 11 is 0. The molecule has 3 aliphatic heterocycles. The Morgan fingerprint density at radius 3 is 2.42 bits per heavy atom. The van der Waals surface area contributed by atoms with Crippen molar-refractivity contribution < 1.29 is 9.47 Å². The van der Waals surface area contributed by atoms with Crippen LogP contribution in [-0.4, -0.2) is 111 Å². The van der Waals surface area contributed by atoms with Gasteiger partial charge in [-0.2, -0.15) is 0 Å². The molecule has 2 saturated heterocycles. The largest absolute Gasteiger partial charge is 0.454 e. The number of ether oxygens (including phenoxy) is 2. The summed E-state index contributed by atoms with van der Waals surface area (Å²) in [5.41, 5.74) is 1.28. The van der Waals surface area contributed by atoms with Crippen LogP contribution in [0, 0.1) is 0 Å². The molecule has 8 nitrogen and oxygen atoms in total. The molecule has 186 valence electrons. The zero-order valence-electron chi connectivity index (χ0n) is 20.3. The topological polar surface area (TPSA) is 55.8 Å². The van der Waals surface area contributed by atoms with Gasteiger partial charge in [0.05, 0.1) is 0 Å². The lowest BCUT2D eigenvalue weighted by molar-refractivity contribution is 0.152. The number of unbranched alkanes of at least 4 members (excludes halogenated alkanes) is 1. The van der Waals surface area contributed by atoms with Crippen LogP contribution in [0.1, 0.15) is 25.3 Å². The van der Waals surface area contributed by atoms with E-state index in [1.54, 1.807) is 0 Å². The van der Waals surface area contributed by atoms with E-state index in [1.165, 1.54) is 44.7 Å². The Morgan fingerprint density at radius 2 is 1.67 bits per heavy atom. The molecule has 0 spiro atoms. The average molecular weight is 573 g/mol. The summed E-state index contributed by atoms with van der Waals surface area (Å²) in [6, 6.07) is 6.28.